The average molecular weight is 766 g/mol. The number of carbonyl (C=O) groups excluding carboxylic acids is 1. The Balaban J connectivity index is 1.59. The van der Waals surface area contributed by atoms with Gasteiger partial charge in [-0.1, -0.05) is 40.2 Å². The molecule has 1 amide bonds. The van der Waals surface area contributed by atoms with Gasteiger partial charge in [-0.2, -0.15) is 26.3 Å². The number of benzene rings is 4. The van der Waals surface area contributed by atoms with Gasteiger partial charge in [-0.15, -0.1) is 0 Å². The van der Waals surface area contributed by atoms with Gasteiger partial charge in [-0.3, -0.25) is 4.79 Å². The summed E-state index contributed by atoms with van der Waals surface area (Å²) in [6.07, 6.45) is -10.8. The second-order valence-corrected chi connectivity index (χ2v) is 12.4. The molecule has 1 aliphatic rings. The highest BCUT2D eigenvalue weighted by Gasteiger charge is 2.53. The monoisotopic (exact) mass is 764 g/mol. The van der Waals surface area contributed by atoms with Crippen LogP contribution in [0.5, 0.6) is 11.5 Å². The topological polar surface area (TPSA) is 89.4 Å². The van der Waals surface area contributed by atoms with Crippen molar-refractivity contribution >= 4 is 27.7 Å². The lowest BCUT2D eigenvalue weighted by molar-refractivity contribution is -0.143. The van der Waals surface area contributed by atoms with E-state index < -0.39 is 53.1 Å². The third kappa shape index (κ3) is 8.59. The summed E-state index contributed by atoms with van der Waals surface area (Å²) in [5, 5.41) is 11.6. The fraction of sp³-hybridized carbons (Fsp3) is 0.278. The third-order valence-corrected chi connectivity index (χ3v) is 8.44. The SMILES string of the molecule is COc1cccc([C@H]2OC(c3ccc(OCCCO)cc3)=N[C@@]2(Cc2ccc(Br)cc2)C(=O)NCc2cc(C(F)(F)F)cc(C(F)(F)F)c2)c1. The number of alkyl halides is 6. The fourth-order valence-electron chi connectivity index (χ4n) is 5.46. The van der Waals surface area contributed by atoms with Crippen molar-refractivity contribution in [2.45, 2.75) is 43.4 Å². The molecule has 50 heavy (non-hydrogen) atoms. The molecule has 0 unspecified atom stereocenters. The van der Waals surface area contributed by atoms with Crippen LogP contribution in [0.25, 0.3) is 0 Å². The molecule has 7 nitrogen and oxygen atoms in total. The summed E-state index contributed by atoms with van der Waals surface area (Å²) >= 11 is 3.39. The molecule has 1 aliphatic heterocycles. The highest BCUT2D eigenvalue weighted by atomic mass is 79.9. The Morgan fingerprint density at radius 3 is 2.16 bits per heavy atom. The van der Waals surface area contributed by atoms with Crippen molar-refractivity contribution in [3.63, 3.8) is 0 Å². The zero-order chi connectivity index (χ0) is 36.1. The van der Waals surface area contributed by atoms with E-state index in [-0.39, 0.29) is 31.6 Å². The minimum Gasteiger partial charge on any atom is -0.497 e. The van der Waals surface area contributed by atoms with Crippen molar-refractivity contribution in [3.05, 3.63) is 129 Å². The molecule has 2 atom stereocenters. The number of nitrogens with zero attached hydrogens (tertiary/aromatic N) is 1. The summed E-state index contributed by atoms with van der Waals surface area (Å²) in [7, 11) is 1.47. The minimum absolute atomic E-state index is 0.0313. The predicted molar refractivity (Wildman–Crippen MR) is 176 cm³/mol. The second-order valence-electron chi connectivity index (χ2n) is 11.5. The van der Waals surface area contributed by atoms with Gasteiger partial charge in [0.15, 0.2) is 11.6 Å². The zero-order valence-corrected chi connectivity index (χ0v) is 28.0. The van der Waals surface area contributed by atoms with Crippen molar-refractivity contribution in [2.24, 2.45) is 4.99 Å². The Morgan fingerprint density at radius 1 is 0.900 bits per heavy atom. The molecule has 1 heterocycles. The molecule has 14 heteroatoms. The molecule has 0 aromatic heterocycles. The van der Waals surface area contributed by atoms with Crippen LogP contribution in [0.2, 0.25) is 0 Å². The van der Waals surface area contributed by atoms with Crippen LogP contribution >= 0.6 is 15.9 Å². The molecular weight excluding hydrogens is 734 g/mol. The predicted octanol–water partition coefficient (Wildman–Crippen LogP) is 8.07. The first-order chi connectivity index (χ1) is 23.7. The summed E-state index contributed by atoms with van der Waals surface area (Å²) < 4.78 is 99.8. The smallest absolute Gasteiger partial charge is 0.416 e. The molecule has 0 saturated carbocycles. The van der Waals surface area contributed by atoms with Gasteiger partial charge in [0.05, 0.1) is 24.8 Å². The van der Waals surface area contributed by atoms with E-state index in [0.717, 1.165) is 4.47 Å². The van der Waals surface area contributed by atoms with Gasteiger partial charge in [0, 0.05) is 36.0 Å². The molecule has 0 spiro atoms. The van der Waals surface area contributed by atoms with E-state index in [2.05, 4.69) is 21.2 Å². The van der Waals surface area contributed by atoms with E-state index in [1.165, 1.54) is 7.11 Å². The van der Waals surface area contributed by atoms with E-state index in [9.17, 15) is 31.1 Å². The molecule has 2 N–H and O–H groups in total. The standard InChI is InChI=1S/C36H31BrF6N2O5/c1-48-30-5-2-4-25(18-30)31-34(20-22-6-10-28(37)11-7-22,45-32(50-31)24-8-12-29(13-9-24)49-15-3-14-46)33(47)44-21-23-16-26(35(38,39)40)19-27(17-23)36(41,42)43/h2,4-13,16-19,31,46H,3,14-15,20-21H2,1H3,(H,44,47)/t31-,34-/m1/s1. The first kappa shape index (κ1) is 36.7. The van der Waals surface area contributed by atoms with Crippen LogP contribution in [0.3, 0.4) is 0 Å². The number of halogens is 7. The van der Waals surface area contributed by atoms with Gasteiger partial charge in [0.25, 0.3) is 5.91 Å². The van der Waals surface area contributed by atoms with E-state index in [4.69, 9.17) is 24.3 Å². The van der Waals surface area contributed by atoms with Gasteiger partial charge in [0.2, 0.25) is 5.90 Å². The Bertz CT molecular complexity index is 1800. The Morgan fingerprint density at radius 2 is 1.56 bits per heavy atom. The molecule has 4 aromatic rings. The van der Waals surface area contributed by atoms with Crippen LogP contribution in [0.1, 0.15) is 45.9 Å². The lowest BCUT2D eigenvalue weighted by Crippen LogP contribution is -2.49. The van der Waals surface area contributed by atoms with Crippen LogP contribution in [-0.2, 0) is 34.8 Å². The number of aliphatic imine (C=N–C) groups is 1. The van der Waals surface area contributed by atoms with Crippen LogP contribution in [0, 0.1) is 0 Å². The molecule has 4 aromatic carbocycles. The molecule has 0 saturated heterocycles. The first-order valence-corrected chi connectivity index (χ1v) is 16.1. The summed E-state index contributed by atoms with van der Waals surface area (Å²) in [6, 6.07) is 21.6. The maximum absolute atomic E-state index is 14.5. The summed E-state index contributed by atoms with van der Waals surface area (Å²) in [5.74, 6) is 0.248. The number of aliphatic hydroxyl groups is 1. The number of methoxy groups -OCH3 is 1. The van der Waals surface area contributed by atoms with Gasteiger partial charge in [-0.25, -0.2) is 4.99 Å². The maximum Gasteiger partial charge on any atom is 0.416 e. The van der Waals surface area contributed by atoms with E-state index >= 15 is 0 Å². The van der Waals surface area contributed by atoms with Crippen LogP contribution in [0.15, 0.2) is 100 Å². The average Bonchev–Trinajstić information content (AvgIpc) is 3.48. The van der Waals surface area contributed by atoms with Crippen molar-refractivity contribution in [2.75, 3.05) is 20.3 Å². The molecule has 0 aliphatic carbocycles. The van der Waals surface area contributed by atoms with Crippen molar-refractivity contribution < 1.29 is 50.5 Å². The Kier molecular flexibility index (Phi) is 11.1. The van der Waals surface area contributed by atoms with Crippen LogP contribution < -0.4 is 14.8 Å². The summed E-state index contributed by atoms with van der Waals surface area (Å²) in [4.78, 5) is 19.3. The fourth-order valence-corrected chi connectivity index (χ4v) is 5.72. The minimum atomic E-state index is -5.06. The van der Waals surface area contributed by atoms with Gasteiger partial charge >= 0.3 is 12.4 Å². The van der Waals surface area contributed by atoms with Gasteiger partial charge in [0.1, 0.15) is 11.5 Å². The van der Waals surface area contributed by atoms with E-state index in [1.54, 1.807) is 72.8 Å². The largest absolute Gasteiger partial charge is 0.497 e. The van der Waals surface area contributed by atoms with Crippen LogP contribution in [-0.4, -0.2) is 42.8 Å². The number of nitrogens with one attached hydrogen (secondary N) is 1. The Hall–Kier alpha value is -4.56. The molecule has 5 rings (SSSR count). The van der Waals surface area contributed by atoms with Gasteiger partial charge in [-0.05, 0) is 83.4 Å². The number of aliphatic hydroxyl groups excluding tert-OH is 1. The molecule has 0 fully saturated rings. The number of ether oxygens (including phenoxy) is 3. The maximum atomic E-state index is 14.5. The Labute approximate surface area is 292 Å². The highest BCUT2D eigenvalue weighted by molar-refractivity contribution is 9.10. The molecule has 0 radical (unpaired) electrons. The third-order valence-electron chi connectivity index (χ3n) is 7.91. The first-order valence-electron chi connectivity index (χ1n) is 15.3. The number of carbonyl (C=O) groups is 1. The van der Waals surface area contributed by atoms with Crippen molar-refractivity contribution in [1.29, 1.82) is 0 Å². The van der Waals surface area contributed by atoms with E-state index in [1.807, 2.05) is 0 Å². The number of amides is 1. The lowest BCUT2D eigenvalue weighted by atomic mass is 9.82. The summed E-state index contributed by atoms with van der Waals surface area (Å²) in [5.41, 5.74) is -3.58. The second kappa shape index (κ2) is 15.1. The lowest BCUT2D eigenvalue weighted by Gasteiger charge is -2.31. The highest BCUT2D eigenvalue weighted by Crippen LogP contribution is 2.44. The summed E-state index contributed by atoms with van der Waals surface area (Å²) in [6.45, 7) is -0.407. The molecule has 0 bridgehead atoms. The van der Waals surface area contributed by atoms with E-state index in [0.29, 0.717) is 46.7 Å². The quantitative estimate of drug-likeness (QED) is 0.113. The van der Waals surface area contributed by atoms with Crippen molar-refractivity contribution in [3.8, 4) is 11.5 Å². The molecular formula is C36H31BrF6N2O5. The molecule has 264 valence electrons. The van der Waals surface area contributed by atoms with Crippen LogP contribution in [0.4, 0.5) is 26.3 Å². The number of rotatable bonds is 12. The number of hydrogen-bond donors (Lipinski definition) is 2. The zero-order valence-electron chi connectivity index (χ0n) is 26.4. The van der Waals surface area contributed by atoms with Gasteiger partial charge < -0.3 is 24.6 Å². The number of hydrogen-bond acceptors (Lipinski definition) is 6. The van der Waals surface area contributed by atoms with Crippen molar-refractivity contribution in [1.82, 2.24) is 5.32 Å². The normalized spacial score (nSPS) is 17.5.